The van der Waals surface area contributed by atoms with Crippen LogP contribution in [0.2, 0.25) is 5.02 Å². The molecule has 3 N–H and O–H groups in total. The number of rotatable bonds is 1. The summed E-state index contributed by atoms with van der Waals surface area (Å²) in [5, 5.41) is 10.9. The highest BCUT2D eigenvalue weighted by molar-refractivity contribution is 7.93. The second-order valence-corrected chi connectivity index (χ2v) is 11.0. The minimum Gasteiger partial charge on any atom is -0.378 e. The summed E-state index contributed by atoms with van der Waals surface area (Å²) >= 11 is 6.36. The fourth-order valence-electron chi connectivity index (χ4n) is 4.82. The Balaban J connectivity index is 1.59. The number of nitrogens with zero attached hydrogens (tertiary/aromatic N) is 3. The summed E-state index contributed by atoms with van der Waals surface area (Å²) in [6, 6.07) is 5.73. The van der Waals surface area contributed by atoms with Gasteiger partial charge in [-0.3, -0.25) is 0 Å². The number of halogens is 1. The lowest BCUT2D eigenvalue weighted by Gasteiger charge is -2.38. The van der Waals surface area contributed by atoms with Gasteiger partial charge in [0.2, 0.25) is 5.95 Å². The maximum atomic E-state index is 12.0. The lowest BCUT2D eigenvalue weighted by molar-refractivity contribution is 0.110. The van der Waals surface area contributed by atoms with Gasteiger partial charge in [-0.25, -0.2) is 13.4 Å². The van der Waals surface area contributed by atoms with Gasteiger partial charge >= 0.3 is 0 Å². The number of sulfone groups is 1. The third kappa shape index (κ3) is 3.22. The maximum absolute atomic E-state index is 12.0. The quantitative estimate of drug-likeness (QED) is 0.648. The zero-order valence-corrected chi connectivity index (χ0v) is 17.8. The highest BCUT2D eigenvalue weighted by Gasteiger charge is 2.55. The number of anilines is 3. The fraction of sp³-hybridized carbons (Fsp3) is 0.429. The standard InChI is InChI=1S/C21H21ClN4O3S/c22-16-10-24-19(23)25-18(16)26-11-20(12-30(28,29)13-20)15-4-3-14(9-17(15)26)5-8-21(27)6-1-2-7-21/h3-4,9-10,27H,1-2,6-7,11-13H2,(H2,23,24,25). The van der Waals surface area contributed by atoms with E-state index < -0.39 is 20.9 Å². The molecule has 30 heavy (non-hydrogen) atoms. The average molecular weight is 445 g/mol. The molecule has 0 amide bonds. The van der Waals surface area contributed by atoms with Crippen molar-refractivity contribution in [2.75, 3.05) is 28.7 Å². The van der Waals surface area contributed by atoms with Gasteiger partial charge in [-0.1, -0.05) is 29.5 Å². The molecule has 2 fully saturated rings. The van der Waals surface area contributed by atoms with E-state index in [4.69, 9.17) is 17.3 Å². The van der Waals surface area contributed by atoms with E-state index >= 15 is 0 Å². The van der Waals surface area contributed by atoms with Gasteiger partial charge in [0, 0.05) is 23.2 Å². The molecule has 1 aromatic heterocycles. The molecule has 1 saturated heterocycles. The lowest BCUT2D eigenvalue weighted by atomic mass is 9.85. The summed E-state index contributed by atoms with van der Waals surface area (Å²) in [6.07, 6.45) is 4.78. The number of aromatic nitrogens is 2. The van der Waals surface area contributed by atoms with Crippen LogP contribution in [-0.4, -0.2) is 47.1 Å². The van der Waals surface area contributed by atoms with Gasteiger partial charge in [0.05, 0.1) is 17.7 Å². The average Bonchev–Trinajstić information content (AvgIpc) is 3.24. The predicted molar refractivity (Wildman–Crippen MR) is 116 cm³/mol. The van der Waals surface area contributed by atoms with Gasteiger partial charge in [0.25, 0.3) is 0 Å². The number of nitrogen functional groups attached to an aromatic ring is 1. The van der Waals surface area contributed by atoms with Crippen molar-refractivity contribution in [3.63, 3.8) is 0 Å². The topological polar surface area (TPSA) is 109 Å². The van der Waals surface area contributed by atoms with Gasteiger partial charge in [-0.15, -0.1) is 0 Å². The zero-order chi connectivity index (χ0) is 21.1. The Morgan fingerprint density at radius 3 is 2.67 bits per heavy atom. The number of benzene rings is 1. The number of nitrogens with two attached hydrogens (primary N) is 1. The van der Waals surface area contributed by atoms with Crippen molar-refractivity contribution in [1.82, 2.24) is 9.97 Å². The first kappa shape index (κ1) is 19.6. The Bertz CT molecular complexity index is 1200. The fourth-order valence-corrected chi connectivity index (χ4v) is 7.11. The summed E-state index contributed by atoms with van der Waals surface area (Å²) in [5.41, 5.74) is 6.87. The number of hydrogen-bond donors (Lipinski definition) is 2. The van der Waals surface area contributed by atoms with E-state index in [1.807, 2.05) is 23.1 Å². The highest BCUT2D eigenvalue weighted by atomic mass is 35.5. The van der Waals surface area contributed by atoms with E-state index in [1.165, 1.54) is 6.20 Å². The number of fused-ring (bicyclic) bond motifs is 2. The van der Waals surface area contributed by atoms with Crippen LogP contribution in [0.25, 0.3) is 0 Å². The van der Waals surface area contributed by atoms with Crippen molar-refractivity contribution < 1.29 is 13.5 Å². The van der Waals surface area contributed by atoms with Crippen molar-refractivity contribution in [2.45, 2.75) is 36.7 Å². The molecule has 0 bridgehead atoms. The molecule has 0 unspecified atom stereocenters. The molecule has 5 rings (SSSR count). The summed E-state index contributed by atoms with van der Waals surface area (Å²) in [5.74, 6) is 6.85. The van der Waals surface area contributed by atoms with Crippen molar-refractivity contribution in [2.24, 2.45) is 0 Å². The second kappa shape index (κ2) is 6.58. The van der Waals surface area contributed by atoms with Crippen molar-refractivity contribution in [3.05, 3.63) is 40.5 Å². The van der Waals surface area contributed by atoms with Crippen molar-refractivity contribution in [3.8, 4) is 11.8 Å². The van der Waals surface area contributed by atoms with Crippen molar-refractivity contribution >= 4 is 38.9 Å². The molecule has 1 spiro atoms. The van der Waals surface area contributed by atoms with Crippen LogP contribution in [0, 0.1) is 11.8 Å². The number of hydrogen-bond acceptors (Lipinski definition) is 7. The third-order valence-corrected chi connectivity index (χ3v) is 8.43. The summed E-state index contributed by atoms with van der Waals surface area (Å²) < 4.78 is 24.1. The van der Waals surface area contributed by atoms with E-state index in [0.29, 0.717) is 30.2 Å². The lowest BCUT2D eigenvalue weighted by Crippen LogP contribution is -2.54. The van der Waals surface area contributed by atoms with Crippen LogP contribution in [-0.2, 0) is 15.3 Å². The molecule has 7 nitrogen and oxygen atoms in total. The molecule has 1 aromatic carbocycles. The first-order valence-electron chi connectivity index (χ1n) is 9.85. The molecular weight excluding hydrogens is 424 g/mol. The molecule has 0 radical (unpaired) electrons. The highest BCUT2D eigenvalue weighted by Crippen LogP contribution is 2.51. The van der Waals surface area contributed by atoms with Crippen LogP contribution in [0.1, 0.15) is 36.8 Å². The van der Waals surface area contributed by atoms with E-state index in [1.54, 1.807) is 0 Å². The smallest absolute Gasteiger partial charge is 0.222 e. The molecule has 2 aromatic rings. The molecule has 9 heteroatoms. The Kier molecular flexibility index (Phi) is 4.30. The first-order valence-corrected chi connectivity index (χ1v) is 12.0. The van der Waals surface area contributed by atoms with E-state index in [9.17, 15) is 13.5 Å². The minimum atomic E-state index is -3.06. The molecule has 1 saturated carbocycles. The van der Waals surface area contributed by atoms with Gasteiger partial charge < -0.3 is 15.7 Å². The van der Waals surface area contributed by atoms with Crippen molar-refractivity contribution in [1.29, 1.82) is 0 Å². The first-order chi connectivity index (χ1) is 14.2. The van der Waals surface area contributed by atoms with E-state index in [0.717, 1.165) is 29.7 Å². The Morgan fingerprint density at radius 1 is 1.23 bits per heavy atom. The Hall–Kier alpha value is -2.34. The van der Waals surface area contributed by atoms with Crippen LogP contribution in [0.4, 0.5) is 17.5 Å². The Morgan fingerprint density at radius 2 is 1.97 bits per heavy atom. The molecule has 0 atom stereocenters. The SMILES string of the molecule is Nc1ncc(Cl)c(N2CC3(CS(=O)(=O)C3)c3ccc(C#CC4(O)CCCC4)cc32)n1. The zero-order valence-electron chi connectivity index (χ0n) is 16.2. The minimum absolute atomic E-state index is 0.0897. The molecule has 1 aliphatic carbocycles. The third-order valence-electron chi connectivity index (χ3n) is 6.18. The van der Waals surface area contributed by atoms with Crippen LogP contribution < -0.4 is 10.6 Å². The van der Waals surface area contributed by atoms with Crippen LogP contribution >= 0.6 is 11.6 Å². The number of aliphatic hydroxyl groups is 1. The summed E-state index contributed by atoms with van der Waals surface area (Å²) in [6.45, 7) is 0.443. The molecule has 2 aliphatic heterocycles. The molecular formula is C21H21ClN4O3S. The van der Waals surface area contributed by atoms with Crippen LogP contribution in [0.5, 0.6) is 0 Å². The summed E-state index contributed by atoms with van der Waals surface area (Å²) in [4.78, 5) is 10.1. The van der Waals surface area contributed by atoms with Gasteiger partial charge in [0.1, 0.15) is 10.6 Å². The van der Waals surface area contributed by atoms with E-state index in [2.05, 4.69) is 21.8 Å². The summed E-state index contributed by atoms with van der Waals surface area (Å²) in [7, 11) is -3.06. The second-order valence-electron chi connectivity index (χ2n) is 8.52. The molecule has 3 heterocycles. The predicted octanol–water partition coefficient (Wildman–Crippen LogP) is 2.19. The van der Waals surface area contributed by atoms with Gasteiger partial charge in [-0.2, -0.15) is 4.98 Å². The monoisotopic (exact) mass is 444 g/mol. The van der Waals surface area contributed by atoms with Crippen LogP contribution in [0.3, 0.4) is 0 Å². The normalized spacial score (nSPS) is 22.3. The van der Waals surface area contributed by atoms with Crippen LogP contribution in [0.15, 0.2) is 24.4 Å². The van der Waals surface area contributed by atoms with Gasteiger partial charge in [0.15, 0.2) is 15.7 Å². The Labute approximate surface area is 180 Å². The molecule has 156 valence electrons. The molecule has 3 aliphatic rings. The van der Waals surface area contributed by atoms with Gasteiger partial charge in [-0.05, 0) is 43.4 Å². The largest absolute Gasteiger partial charge is 0.378 e. The maximum Gasteiger partial charge on any atom is 0.222 e. The van der Waals surface area contributed by atoms with E-state index in [-0.39, 0.29) is 17.5 Å².